The lowest BCUT2D eigenvalue weighted by Gasteiger charge is -2.08. The highest BCUT2D eigenvalue weighted by Crippen LogP contribution is 2.18. The first-order valence-electron chi connectivity index (χ1n) is 7.99. The van der Waals surface area contributed by atoms with Crippen molar-refractivity contribution in [2.45, 2.75) is 51.6 Å². The number of nitrogens with one attached hydrogen (secondary N) is 2. The number of hydrogen-bond acceptors (Lipinski definition) is 3. The highest BCUT2D eigenvalue weighted by molar-refractivity contribution is 5.76. The fourth-order valence-corrected chi connectivity index (χ4v) is 2.00. The topological polar surface area (TPSA) is 50.4 Å². The Morgan fingerprint density at radius 2 is 2.05 bits per heavy atom. The van der Waals surface area contributed by atoms with Gasteiger partial charge in [0, 0.05) is 25.6 Å². The van der Waals surface area contributed by atoms with Gasteiger partial charge < -0.3 is 15.4 Å². The summed E-state index contributed by atoms with van der Waals surface area (Å²) < 4.78 is 5.63. The predicted octanol–water partition coefficient (Wildman–Crippen LogP) is 2.62. The van der Waals surface area contributed by atoms with Crippen LogP contribution in [0.5, 0.6) is 5.75 Å². The van der Waals surface area contributed by atoms with Crippen LogP contribution in [0.1, 0.15) is 44.6 Å². The van der Waals surface area contributed by atoms with Gasteiger partial charge in [-0.2, -0.15) is 0 Å². The van der Waals surface area contributed by atoms with E-state index in [9.17, 15) is 4.79 Å². The van der Waals surface area contributed by atoms with E-state index in [1.54, 1.807) is 0 Å². The van der Waals surface area contributed by atoms with Gasteiger partial charge in [-0.15, -0.1) is 0 Å². The molecule has 0 heterocycles. The zero-order chi connectivity index (χ0) is 14.9. The van der Waals surface area contributed by atoms with Crippen LogP contribution >= 0.6 is 0 Å². The number of hydrogen-bond donors (Lipinski definition) is 2. The molecule has 0 aromatic heterocycles. The predicted molar refractivity (Wildman–Crippen MR) is 84.3 cm³/mol. The molecule has 2 N–H and O–H groups in total. The molecule has 4 heteroatoms. The molecule has 1 aromatic carbocycles. The Bertz CT molecular complexity index is 427. The van der Waals surface area contributed by atoms with Gasteiger partial charge in [-0.25, -0.2) is 0 Å². The van der Waals surface area contributed by atoms with Gasteiger partial charge in [0.2, 0.25) is 5.91 Å². The molecule has 2 rings (SSSR count). The quantitative estimate of drug-likeness (QED) is 0.651. The third-order valence-corrected chi connectivity index (χ3v) is 3.49. The molecule has 21 heavy (non-hydrogen) atoms. The van der Waals surface area contributed by atoms with Crippen molar-refractivity contribution >= 4 is 5.91 Å². The smallest absolute Gasteiger partial charge is 0.221 e. The molecular weight excluding hydrogens is 264 g/mol. The van der Waals surface area contributed by atoms with Crippen LogP contribution in [0.3, 0.4) is 0 Å². The van der Waals surface area contributed by atoms with E-state index in [4.69, 9.17) is 4.74 Å². The van der Waals surface area contributed by atoms with Gasteiger partial charge in [0.1, 0.15) is 5.75 Å². The highest BCUT2D eigenvalue weighted by Gasteiger charge is 2.22. The zero-order valence-corrected chi connectivity index (χ0v) is 12.9. The van der Waals surface area contributed by atoms with Crippen molar-refractivity contribution in [2.24, 2.45) is 0 Å². The van der Waals surface area contributed by atoms with E-state index in [-0.39, 0.29) is 5.91 Å². The number of amides is 1. The van der Waals surface area contributed by atoms with Gasteiger partial charge >= 0.3 is 0 Å². The molecule has 1 amide bonds. The molecule has 0 bridgehead atoms. The molecule has 0 spiro atoms. The summed E-state index contributed by atoms with van der Waals surface area (Å²) in [5, 5.41) is 6.29. The molecule has 116 valence electrons. The van der Waals surface area contributed by atoms with Crippen molar-refractivity contribution in [2.75, 3.05) is 13.2 Å². The van der Waals surface area contributed by atoms with Crippen LogP contribution < -0.4 is 15.4 Å². The summed E-state index contributed by atoms with van der Waals surface area (Å²) in [7, 11) is 0. The normalized spacial score (nSPS) is 14.0. The molecule has 0 saturated heterocycles. The summed E-state index contributed by atoms with van der Waals surface area (Å²) in [5.41, 5.74) is 1.21. The van der Waals surface area contributed by atoms with E-state index >= 15 is 0 Å². The summed E-state index contributed by atoms with van der Waals surface area (Å²) in [6, 6.07) is 8.61. The molecular formula is C17H26N2O2. The molecule has 4 nitrogen and oxygen atoms in total. The Morgan fingerprint density at radius 1 is 1.29 bits per heavy atom. The Morgan fingerprint density at radius 3 is 2.71 bits per heavy atom. The van der Waals surface area contributed by atoms with Crippen molar-refractivity contribution < 1.29 is 9.53 Å². The highest BCUT2D eigenvalue weighted by atomic mass is 16.5. The Kier molecular flexibility index (Phi) is 6.54. The van der Waals surface area contributed by atoms with Crippen molar-refractivity contribution in [1.82, 2.24) is 10.6 Å². The Hall–Kier alpha value is -1.55. The molecule has 0 unspecified atom stereocenters. The van der Waals surface area contributed by atoms with Gasteiger partial charge in [-0.05, 0) is 37.0 Å². The van der Waals surface area contributed by atoms with E-state index < -0.39 is 0 Å². The van der Waals surface area contributed by atoms with Crippen LogP contribution in [0.2, 0.25) is 0 Å². The molecule has 1 aromatic rings. The number of unbranched alkanes of at least 4 members (excludes halogenated alkanes) is 1. The standard InChI is InChI=1S/C17H26N2O2/c1-2-3-12-21-16-8-4-14(5-9-16)13-18-11-10-17(20)19-15-6-7-15/h4-5,8-9,15,18H,2-3,6-7,10-13H2,1H3,(H,19,20). The van der Waals surface area contributed by atoms with Crippen LogP contribution in [0.4, 0.5) is 0 Å². The lowest BCUT2D eigenvalue weighted by Crippen LogP contribution is -2.28. The molecule has 1 aliphatic rings. The van der Waals surface area contributed by atoms with Gasteiger partial charge in [0.15, 0.2) is 0 Å². The van der Waals surface area contributed by atoms with Crippen LogP contribution in [-0.4, -0.2) is 25.1 Å². The molecule has 0 radical (unpaired) electrons. The zero-order valence-electron chi connectivity index (χ0n) is 12.9. The van der Waals surface area contributed by atoms with Gasteiger partial charge in [0.05, 0.1) is 6.61 Å². The summed E-state index contributed by atoms with van der Waals surface area (Å²) in [5.74, 6) is 1.08. The van der Waals surface area contributed by atoms with Crippen LogP contribution in [0, 0.1) is 0 Å². The molecule has 1 saturated carbocycles. The second-order valence-corrected chi connectivity index (χ2v) is 5.61. The fraction of sp³-hybridized carbons (Fsp3) is 0.588. The van der Waals surface area contributed by atoms with E-state index in [1.807, 2.05) is 12.1 Å². The maximum Gasteiger partial charge on any atom is 0.221 e. The minimum Gasteiger partial charge on any atom is -0.494 e. The van der Waals surface area contributed by atoms with Crippen molar-refractivity contribution in [3.05, 3.63) is 29.8 Å². The van der Waals surface area contributed by atoms with E-state index in [0.717, 1.165) is 44.6 Å². The summed E-state index contributed by atoms with van der Waals surface area (Å²) in [4.78, 5) is 11.5. The third-order valence-electron chi connectivity index (χ3n) is 3.49. The van der Waals surface area contributed by atoms with Crippen LogP contribution in [-0.2, 0) is 11.3 Å². The number of ether oxygens (including phenoxy) is 1. The van der Waals surface area contributed by atoms with E-state index in [1.165, 1.54) is 5.56 Å². The van der Waals surface area contributed by atoms with Crippen LogP contribution in [0.25, 0.3) is 0 Å². The lowest BCUT2D eigenvalue weighted by atomic mass is 10.2. The summed E-state index contributed by atoms with van der Waals surface area (Å²) in [6.45, 7) is 4.44. The lowest BCUT2D eigenvalue weighted by molar-refractivity contribution is -0.121. The summed E-state index contributed by atoms with van der Waals surface area (Å²) >= 11 is 0. The fourth-order valence-electron chi connectivity index (χ4n) is 2.00. The minimum absolute atomic E-state index is 0.157. The first-order chi connectivity index (χ1) is 10.3. The van der Waals surface area contributed by atoms with Crippen LogP contribution in [0.15, 0.2) is 24.3 Å². The molecule has 0 aliphatic heterocycles. The van der Waals surface area contributed by atoms with E-state index in [2.05, 4.69) is 29.7 Å². The number of carbonyl (C=O) groups is 1. The summed E-state index contributed by atoms with van der Waals surface area (Å²) in [6.07, 6.45) is 5.08. The maximum atomic E-state index is 11.5. The largest absolute Gasteiger partial charge is 0.494 e. The second-order valence-electron chi connectivity index (χ2n) is 5.61. The monoisotopic (exact) mass is 290 g/mol. The van der Waals surface area contributed by atoms with Crippen molar-refractivity contribution in [3.8, 4) is 5.75 Å². The number of benzene rings is 1. The third kappa shape index (κ3) is 6.63. The first kappa shape index (κ1) is 15.8. The number of rotatable bonds is 10. The molecule has 1 fully saturated rings. The van der Waals surface area contributed by atoms with Gasteiger partial charge in [-0.1, -0.05) is 25.5 Å². The number of carbonyl (C=O) groups excluding carboxylic acids is 1. The average molecular weight is 290 g/mol. The van der Waals surface area contributed by atoms with Crippen molar-refractivity contribution in [1.29, 1.82) is 0 Å². The van der Waals surface area contributed by atoms with Gasteiger partial charge in [-0.3, -0.25) is 4.79 Å². The Balaban J connectivity index is 1.58. The minimum atomic E-state index is 0.157. The molecule has 0 atom stereocenters. The van der Waals surface area contributed by atoms with Gasteiger partial charge in [0.25, 0.3) is 0 Å². The second kappa shape index (κ2) is 8.67. The maximum absolute atomic E-state index is 11.5. The molecule has 1 aliphatic carbocycles. The first-order valence-corrected chi connectivity index (χ1v) is 7.99. The SMILES string of the molecule is CCCCOc1ccc(CNCCC(=O)NC2CC2)cc1. The average Bonchev–Trinajstić information content (AvgIpc) is 3.29. The van der Waals surface area contributed by atoms with Crippen molar-refractivity contribution in [3.63, 3.8) is 0 Å². The van der Waals surface area contributed by atoms with E-state index in [0.29, 0.717) is 19.0 Å². The Labute approximate surface area is 127 Å².